The maximum Gasteiger partial charge on any atom is 0.262 e. The van der Waals surface area contributed by atoms with E-state index in [9.17, 15) is 9.59 Å². The van der Waals surface area contributed by atoms with Gasteiger partial charge in [0.2, 0.25) is 5.91 Å². The first-order chi connectivity index (χ1) is 11.8. The molecule has 7 nitrogen and oxygen atoms in total. The molecule has 7 heteroatoms. The van der Waals surface area contributed by atoms with Crippen molar-refractivity contribution in [3.05, 3.63) is 40.6 Å². The summed E-state index contributed by atoms with van der Waals surface area (Å²) in [4.78, 5) is 29.9. The molecular weight excluding hydrogens is 310 g/mol. The third-order valence-corrected chi connectivity index (χ3v) is 4.03. The molecule has 0 spiro atoms. The molecule has 1 aliphatic rings. The van der Waals surface area contributed by atoms with Crippen LogP contribution in [0, 0.1) is 6.92 Å². The lowest BCUT2D eigenvalue weighted by atomic mass is 10.0. The predicted molar refractivity (Wildman–Crippen MR) is 89.4 cm³/mol. The Bertz CT molecular complexity index is 953. The number of methoxy groups -OCH3 is 2. The first-order valence-electron chi connectivity index (χ1n) is 7.97. The second-order valence-electron chi connectivity index (χ2n) is 5.53. The molecule has 0 saturated carbocycles. The minimum atomic E-state index is -1.77. The number of hydrogen-bond acceptors (Lipinski definition) is 5. The van der Waals surface area contributed by atoms with Crippen molar-refractivity contribution in [2.45, 2.75) is 25.8 Å². The van der Waals surface area contributed by atoms with Crippen LogP contribution in [0.2, 0.25) is 0 Å². The number of piperidine rings is 1. The van der Waals surface area contributed by atoms with E-state index in [0.29, 0.717) is 29.1 Å². The fourth-order valence-corrected chi connectivity index (χ4v) is 2.83. The maximum atomic E-state index is 13.1. The van der Waals surface area contributed by atoms with Gasteiger partial charge in [-0.05, 0) is 25.8 Å². The van der Waals surface area contributed by atoms with E-state index in [1.165, 1.54) is 20.3 Å². The Balaban J connectivity index is 2.28. The zero-order chi connectivity index (χ0) is 18.4. The van der Waals surface area contributed by atoms with Crippen LogP contribution < -0.4 is 20.3 Å². The van der Waals surface area contributed by atoms with Crippen LogP contribution in [0.1, 0.15) is 26.1 Å². The maximum absolute atomic E-state index is 13.1. The third-order valence-electron chi connectivity index (χ3n) is 4.03. The molecule has 0 radical (unpaired) electrons. The highest BCUT2D eigenvalue weighted by Gasteiger charge is 2.28. The van der Waals surface area contributed by atoms with Gasteiger partial charge in [0.15, 0.2) is 11.5 Å². The Morgan fingerprint density at radius 2 is 2.00 bits per heavy atom. The molecule has 1 aliphatic heterocycles. The molecule has 1 amide bonds. The number of fused-ring (bicyclic) bond motifs is 1. The number of carbonyl (C=O) groups excluding carboxylic acids is 1. The largest absolute Gasteiger partial charge is 0.493 e. The van der Waals surface area contributed by atoms with E-state index in [-0.39, 0.29) is 17.6 Å². The Hall–Kier alpha value is -2.83. The van der Waals surface area contributed by atoms with Crippen molar-refractivity contribution >= 4 is 16.8 Å². The average molecular weight is 330 g/mol. The number of carbonyl (C=O) groups is 1. The highest BCUT2D eigenvalue weighted by molar-refractivity contribution is 5.85. The first kappa shape index (κ1) is 14.7. The topological polar surface area (TPSA) is 82.4 Å². The van der Waals surface area contributed by atoms with Gasteiger partial charge in [-0.1, -0.05) is 6.58 Å². The van der Waals surface area contributed by atoms with Crippen molar-refractivity contribution < 1.29 is 15.6 Å². The number of hydrogen-bond donors (Lipinski definition) is 1. The summed E-state index contributed by atoms with van der Waals surface area (Å²) in [7, 11) is 2.96. The standard InChI is InChI=1S/C17H19N3O4/c1-9-5-6-13(16(21)18-9)20-10(2)19-12-8-15(24-4)14(23-3)7-11(12)17(20)22/h7-8,13H,1,5-6H2,2-4H3,(H,18,21)/t13-/m0/s1/i13D. The summed E-state index contributed by atoms with van der Waals surface area (Å²) in [6, 6.07) is 1.35. The van der Waals surface area contributed by atoms with Crippen LogP contribution in [0.15, 0.2) is 29.2 Å². The van der Waals surface area contributed by atoms with Crippen molar-refractivity contribution in [1.82, 2.24) is 14.9 Å². The number of amides is 1. The molecule has 0 bridgehead atoms. The lowest BCUT2D eigenvalue weighted by molar-refractivity contribution is -0.124. The van der Waals surface area contributed by atoms with E-state index in [2.05, 4.69) is 16.9 Å². The molecule has 0 unspecified atom stereocenters. The molecule has 0 aliphatic carbocycles. The van der Waals surface area contributed by atoms with Crippen LogP contribution in [0.25, 0.3) is 10.9 Å². The van der Waals surface area contributed by atoms with Crippen LogP contribution in [-0.2, 0) is 4.79 Å². The van der Waals surface area contributed by atoms with Crippen molar-refractivity contribution in [2.24, 2.45) is 0 Å². The smallest absolute Gasteiger partial charge is 0.262 e. The van der Waals surface area contributed by atoms with E-state index in [4.69, 9.17) is 10.8 Å². The fraction of sp³-hybridized carbons (Fsp3) is 0.353. The molecule has 1 fully saturated rings. The molecular formula is C17H19N3O4. The number of allylic oxidation sites excluding steroid dienone is 1. The van der Waals surface area contributed by atoms with Crippen LogP contribution >= 0.6 is 0 Å². The van der Waals surface area contributed by atoms with Crippen molar-refractivity contribution in [1.29, 1.82) is 0 Å². The first-order valence-corrected chi connectivity index (χ1v) is 7.47. The van der Waals surface area contributed by atoms with Crippen LogP contribution in [0.4, 0.5) is 0 Å². The molecule has 1 aromatic heterocycles. The lowest BCUT2D eigenvalue weighted by Crippen LogP contribution is -2.41. The number of aryl methyl sites for hydroxylation is 1. The fourth-order valence-electron chi connectivity index (χ4n) is 2.83. The van der Waals surface area contributed by atoms with Gasteiger partial charge >= 0.3 is 0 Å². The van der Waals surface area contributed by atoms with Gasteiger partial charge in [-0.25, -0.2) is 4.98 Å². The monoisotopic (exact) mass is 330 g/mol. The molecule has 1 saturated heterocycles. The van der Waals surface area contributed by atoms with Gasteiger partial charge in [-0.2, -0.15) is 0 Å². The highest BCUT2D eigenvalue weighted by Crippen LogP contribution is 2.31. The zero-order valence-electron chi connectivity index (χ0n) is 14.8. The summed E-state index contributed by atoms with van der Waals surface area (Å²) in [6.07, 6.45) is 0.573. The van der Waals surface area contributed by atoms with Crippen molar-refractivity contribution in [3.8, 4) is 11.5 Å². The number of nitrogens with zero attached hydrogens (tertiary/aromatic N) is 2. The SMILES string of the molecule is [2H][C@]1(n2c(C)nc3cc(OC)c(OC)cc3c2=O)CCC(=C)NC1=O. The second kappa shape index (κ2) is 5.99. The van der Waals surface area contributed by atoms with E-state index in [1.807, 2.05) is 0 Å². The number of benzene rings is 1. The summed E-state index contributed by atoms with van der Waals surface area (Å²) >= 11 is 0. The van der Waals surface area contributed by atoms with Gasteiger partial charge < -0.3 is 14.8 Å². The van der Waals surface area contributed by atoms with Gasteiger partial charge in [0, 0.05) is 11.8 Å². The van der Waals surface area contributed by atoms with Gasteiger partial charge in [-0.15, -0.1) is 0 Å². The average Bonchev–Trinajstić information content (AvgIpc) is 2.57. The van der Waals surface area contributed by atoms with Gasteiger partial charge in [0.1, 0.15) is 11.8 Å². The number of nitrogens with one attached hydrogen (secondary N) is 1. The summed E-state index contributed by atoms with van der Waals surface area (Å²) in [5.41, 5.74) is 0.487. The summed E-state index contributed by atoms with van der Waals surface area (Å²) in [5, 5.41) is 2.82. The highest BCUT2D eigenvalue weighted by atomic mass is 16.5. The Kier molecular flexibility index (Phi) is 3.68. The summed E-state index contributed by atoms with van der Waals surface area (Å²) < 4.78 is 20.2. The third kappa shape index (κ3) is 2.51. The van der Waals surface area contributed by atoms with E-state index >= 15 is 0 Å². The molecule has 2 aromatic rings. The molecule has 1 aromatic carbocycles. The van der Waals surface area contributed by atoms with Crippen LogP contribution in [0.3, 0.4) is 0 Å². The van der Waals surface area contributed by atoms with Gasteiger partial charge in [0.25, 0.3) is 5.56 Å². The second-order valence-corrected chi connectivity index (χ2v) is 5.53. The Morgan fingerprint density at radius 1 is 1.33 bits per heavy atom. The zero-order valence-corrected chi connectivity index (χ0v) is 13.8. The van der Waals surface area contributed by atoms with Gasteiger partial charge in [0.05, 0.1) is 26.5 Å². The normalized spacial score (nSPS) is 21.4. The Morgan fingerprint density at radius 3 is 2.62 bits per heavy atom. The molecule has 3 rings (SSSR count). The van der Waals surface area contributed by atoms with E-state index in [0.717, 1.165) is 4.57 Å². The minimum Gasteiger partial charge on any atom is -0.493 e. The quantitative estimate of drug-likeness (QED) is 0.926. The van der Waals surface area contributed by atoms with Crippen molar-refractivity contribution in [2.75, 3.05) is 14.2 Å². The number of aromatic nitrogens is 2. The van der Waals surface area contributed by atoms with E-state index < -0.39 is 17.5 Å². The molecule has 1 atom stereocenters. The summed E-state index contributed by atoms with van der Waals surface area (Å²) in [6.45, 7) is 5.31. The molecule has 24 heavy (non-hydrogen) atoms. The van der Waals surface area contributed by atoms with E-state index in [1.54, 1.807) is 13.0 Å². The lowest BCUT2D eigenvalue weighted by Gasteiger charge is -2.26. The predicted octanol–water partition coefficient (Wildman–Crippen LogP) is 1.69. The van der Waals surface area contributed by atoms with Crippen molar-refractivity contribution in [3.63, 3.8) is 0 Å². The van der Waals surface area contributed by atoms with Crippen LogP contribution in [-0.4, -0.2) is 29.7 Å². The Labute approximate surface area is 140 Å². The van der Waals surface area contributed by atoms with Gasteiger partial charge in [-0.3, -0.25) is 14.2 Å². The molecule has 2 heterocycles. The van der Waals surface area contributed by atoms with Crippen LogP contribution in [0.5, 0.6) is 11.5 Å². The molecule has 126 valence electrons. The number of rotatable bonds is 3. The number of ether oxygens (including phenoxy) is 2. The molecule has 1 N–H and O–H groups in total. The minimum absolute atomic E-state index is 0.152. The summed E-state index contributed by atoms with van der Waals surface area (Å²) in [5.74, 6) is 0.522.